The number of fused-ring (bicyclic) bond motifs is 1. The number of aryl methyl sites for hydroxylation is 1. The lowest BCUT2D eigenvalue weighted by Gasteiger charge is -2.08. The number of hydrogen-bond acceptors (Lipinski definition) is 3. The summed E-state index contributed by atoms with van der Waals surface area (Å²) < 4.78 is 8.12. The van der Waals surface area contributed by atoms with Crippen molar-refractivity contribution in [3.63, 3.8) is 0 Å². The Morgan fingerprint density at radius 3 is 2.87 bits per heavy atom. The summed E-state index contributed by atoms with van der Waals surface area (Å²) >= 11 is 12.1. The van der Waals surface area contributed by atoms with Crippen LogP contribution in [0.15, 0.2) is 42.6 Å². The van der Waals surface area contributed by atoms with Gasteiger partial charge >= 0.3 is 0 Å². The molecule has 1 aliphatic rings. The highest BCUT2D eigenvalue weighted by molar-refractivity contribution is 6.30. The van der Waals surface area contributed by atoms with Crippen LogP contribution in [0.2, 0.25) is 10.2 Å². The quantitative estimate of drug-likeness (QED) is 0.627. The molecule has 0 spiro atoms. The van der Waals surface area contributed by atoms with Gasteiger partial charge in [-0.1, -0.05) is 35.3 Å². The van der Waals surface area contributed by atoms with E-state index in [2.05, 4.69) is 4.98 Å². The van der Waals surface area contributed by atoms with Crippen molar-refractivity contribution in [3.05, 3.63) is 58.5 Å². The maximum absolute atomic E-state index is 6.12. The van der Waals surface area contributed by atoms with Crippen molar-refractivity contribution < 1.29 is 4.74 Å². The smallest absolute Gasteiger partial charge is 0.176 e. The Balaban J connectivity index is 1.81. The van der Waals surface area contributed by atoms with Crippen molar-refractivity contribution in [2.75, 3.05) is 0 Å². The van der Waals surface area contributed by atoms with Crippen molar-refractivity contribution in [1.82, 2.24) is 14.8 Å². The third-order valence-corrected chi connectivity index (χ3v) is 4.25. The van der Waals surface area contributed by atoms with Gasteiger partial charge < -0.3 is 4.74 Å². The van der Waals surface area contributed by atoms with E-state index in [1.54, 1.807) is 18.3 Å². The number of aromatic nitrogens is 3. The minimum Gasteiger partial charge on any atom is -0.453 e. The second-order valence-corrected chi connectivity index (χ2v) is 6.20. The van der Waals surface area contributed by atoms with Gasteiger partial charge in [0.15, 0.2) is 5.75 Å². The third kappa shape index (κ3) is 2.80. The fraction of sp³-hybridized carbons (Fsp3) is 0.176. The number of hydrogen-bond donors (Lipinski definition) is 0. The third-order valence-electron chi connectivity index (χ3n) is 3.81. The van der Waals surface area contributed by atoms with E-state index in [-0.39, 0.29) is 0 Å². The van der Waals surface area contributed by atoms with Crippen LogP contribution in [0.3, 0.4) is 0 Å². The van der Waals surface area contributed by atoms with Crippen LogP contribution >= 0.6 is 23.2 Å². The highest BCUT2D eigenvalue weighted by atomic mass is 35.5. The van der Waals surface area contributed by atoms with Crippen molar-refractivity contribution in [2.24, 2.45) is 0 Å². The average Bonchev–Trinajstić information content (AvgIpc) is 3.10. The Bertz CT molecular complexity index is 876. The van der Waals surface area contributed by atoms with Gasteiger partial charge in [0.2, 0.25) is 0 Å². The number of ether oxygens (including phenoxy) is 1. The van der Waals surface area contributed by atoms with Gasteiger partial charge in [-0.2, -0.15) is 5.10 Å². The van der Waals surface area contributed by atoms with Crippen LogP contribution in [0.4, 0.5) is 0 Å². The Kier molecular flexibility index (Phi) is 3.71. The Labute approximate surface area is 143 Å². The number of nitrogens with zero attached hydrogens (tertiary/aromatic N) is 3. The van der Waals surface area contributed by atoms with Gasteiger partial charge in [-0.25, -0.2) is 4.98 Å². The van der Waals surface area contributed by atoms with Crippen LogP contribution in [0.25, 0.3) is 11.3 Å². The highest BCUT2D eigenvalue weighted by Crippen LogP contribution is 2.39. The molecule has 0 saturated carbocycles. The number of halogens is 2. The summed E-state index contributed by atoms with van der Waals surface area (Å²) in [4.78, 5) is 3.98. The lowest BCUT2D eigenvalue weighted by molar-refractivity contribution is 0.478. The molecular formula is C17H13Cl2N3O. The van der Waals surface area contributed by atoms with E-state index in [1.807, 2.05) is 28.9 Å². The molecule has 0 unspecified atom stereocenters. The van der Waals surface area contributed by atoms with E-state index in [0.717, 1.165) is 42.1 Å². The van der Waals surface area contributed by atoms with Gasteiger partial charge in [0.05, 0.1) is 5.69 Å². The van der Waals surface area contributed by atoms with Crippen molar-refractivity contribution >= 4 is 23.2 Å². The van der Waals surface area contributed by atoms with E-state index >= 15 is 0 Å². The van der Waals surface area contributed by atoms with Crippen LogP contribution in [-0.2, 0) is 13.0 Å². The second kappa shape index (κ2) is 5.87. The van der Waals surface area contributed by atoms with E-state index in [1.165, 1.54) is 0 Å². The normalized spacial score (nSPS) is 13.1. The van der Waals surface area contributed by atoms with Crippen molar-refractivity contribution in [1.29, 1.82) is 0 Å². The topological polar surface area (TPSA) is 39.9 Å². The summed E-state index contributed by atoms with van der Waals surface area (Å²) in [5.41, 5.74) is 2.84. The minimum absolute atomic E-state index is 0.399. The summed E-state index contributed by atoms with van der Waals surface area (Å²) in [5.74, 6) is 1.42. The van der Waals surface area contributed by atoms with Crippen LogP contribution < -0.4 is 4.74 Å². The lowest BCUT2D eigenvalue weighted by Crippen LogP contribution is -1.94. The molecule has 2 aromatic heterocycles. The largest absolute Gasteiger partial charge is 0.453 e. The monoisotopic (exact) mass is 345 g/mol. The molecule has 0 amide bonds. The Morgan fingerprint density at radius 2 is 2.04 bits per heavy atom. The SMILES string of the molecule is Clc1cccc(-c2nn3c(c2Oc2ccnc(Cl)c2)CCC3)c1. The minimum atomic E-state index is 0.399. The number of rotatable bonds is 3. The molecule has 0 saturated heterocycles. The zero-order valence-electron chi connectivity index (χ0n) is 12.2. The van der Waals surface area contributed by atoms with Gasteiger partial charge in [-0.3, -0.25) is 4.68 Å². The fourth-order valence-corrected chi connectivity index (χ4v) is 3.16. The predicted molar refractivity (Wildman–Crippen MR) is 90.3 cm³/mol. The highest BCUT2D eigenvalue weighted by Gasteiger charge is 2.24. The van der Waals surface area contributed by atoms with Gasteiger partial charge in [0.1, 0.15) is 16.6 Å². The molecule has 0 aliphatic carbocycles. The average molecular weight is 346 g/mol. The van der Waals surface area contributed by atoms with Crippen molar-refractivity contribution in [2.45, 2.75) is 19.4 Å². The van der Waals surface area contributed by atoms with E-state index in [0.29, 0.717) is 15.9 Å². The molecule has 1 aliphatic heterocycles. The zero-order valence-corrected chi connectivity index (χ0v) is 13.7. The van der Waals surface area contributed by atoms with E-state index in [9.17, 15) is 0 Å². The summed E-state index contributed by atoms with van der Waals surface area (Å²) in [6, 6.07) is 11.1. The molecule has 0 bridgehead atoms. The molecule has 23 heavy (non-hydrogen) atoms. The van der Waals surface area contributed by atoms with Crippen LogP contribution in [-0.4, -0.2) is 14.8 Å². The van der Waals surface area contributed by atoms with Gasteiger partial charge in [0, 0.05) is 29.4 Å². The van der Waals surface area contributed by atoms with E-state index in [4.69, 9.17) is 33.0 Å². The van der Waals surface area contributed by atoms with E-state index < -0.39 is 0 Å². The second-order valence-electron chi connectivity index (χ2n) is 5.38. The molecular weight excluding hydrogens is 333 g/mol. The van der Waals surface area contributed by atoms with Gasteiger partial charge in [-0.15, -0.1) is 0 Å². The predicted octanol–water partition coefficient (Wildman–Crippen LogP) is 4.99. The maximum atomic E-state index is 6.12. The molecule has 0 radical (unpaired) electrons. The first-order valence-electron chi connectivity index (χ1n) is 7.36. The Hall–Kier alpha value is -2.04. The molecule has 0 atom stereocenters. The first kappa shape index (κ1) is 14.5. The number of benzene rings is 1. The molecule has 0 fully saturated rings. The van der Waals surface area contributed by atoms with Crippen molar-refractivity contribution in [3.8, 4) is 22.8 Å². The lowest BCUT2D eigenvalue weighted by atomic mass is 10.1. The standard InChI is InChI=1S/C17H13Cl2N3O/c18-12-4-1-3-11(9-12)16-17(14-5-2-8-22(14)21-16)23-13-6-7-20-15(19)10-13/h1,3-4,6-7,9-10H,2,5,8H2. The summed E-state index contributed by atoms with van der Waals surface area (Å²) in [6.45, 7) is 0.906. The molecule has 4 nitrogen and oxygen atoms in total. The summed E-state index contributed by atoms with van der Waals surface area (Å²) in [7, 11) is 0. The zero-order chi connectivity index (χ0) is 15.8. The van der Waals surface area contributed by atoms with Gasteiger partial charge in [0.25, 0.3) is 0 Å². The first-order valence-corrected chi connectivity index (χ1v) is 8.11. The Morgan fingerprint density at radius 1 is 1.13 bits per heavy atom. The molecule has 6 heteroatoms. The molecule has 116 valence electrons. The summed E-state index contributed by atoms with van der Waals surface area (Å²) in [6.07, 6.45) is 3.65. The molecule has 0 N–H and O–H groups in total. The maximum Gasteiger partial charge on any atom is 0.176 e. The molecule has 1 aromatic carbocycles. The fourth-order valence-electron chi connectivity index (χ4n) is 2.80. The first-order chi connectivity index (χ1) is 11.2. The van der Waals surface area contributed by atoms with Crippen LogP contribution in [0.1, 0.15) is 12.1 Å². The molecule has 4 rings (SSSR count). The van der Waals surface area contributed by atoms with Crippen LogP contribution in [0, 0.1) is 0 Å². The molecule has 3 heterocycles. The molecule has 3 aromatic rings. The van der Waals surface area contributed by atoms with Gasteiger partial charge in [-0.05, 0) is 31.0 Å². The summed E-state index contributed by atoms with van der Waals surface area (Å²) in [5, 5.41) is 5.78. The number of pyridine rings is 1. The van der Waals surface area contributed by atoms with Crippen LogP contribution in [0.5, 0.6) is 11.5 Å².